The molecule has 41 heavy (non-hydrogen) atoms. The first-order chi connectivity index (χ1) is 19.5. The number of para-hydroxylation sites is 1. The minimum Gasteiger partial charge on any atom is -0.383 e. The Bertz CT molecular complexity index is 1300. The molecular weight excluding hydrogens is 559 g/mol. The summed E-state index contributed by atoms with van der Waals surface area (Å²) in [6, 6.07) is 6.18. The molecule has 2 atom stereocenters. The lowest BCUT2D eigenvalue weighted by Gasteiger charge is -2.41. The van der Waals surface area contributed by atoms with Gasteiger partial charge in [0.05, 0.1) is 28.6 Å². The number of piperidine rings is 1. The molecule has 0 spiro atoms. The van der Waals surface area contributed by atoms with Crippen LogP contribution in [0.1, 0.15) is 30.5 Å². The van der Waals surface area contributed by atoms with Gasteiger partial charge in [-0.05, 0) is 63.0 Å². The van der Waals surface area contributed by atoms with E-state index in [9.17, 15) is 22.8 Å². The fourth-order valence-corrected chi connectivity index (χ4v) is 6.64. The summed E-state index contributed by atoms with van der Waals surface area (Å²) in [6.45, 7) is 5.99. The van der Waals surface area contributed by atoms with E-state index in [1.54, 1.807) is 26.3 Å². The number of aryl methyl sites for hydroxylation is 1. The van der Waals surface area contributed by atoms with Gasteiger partial charge in [0.25, 0.3) is 0 Å². The summed E-state index contributed by atoms with van der Waals surface area (Å²) in [6.07, 6.45) is -2.62. The number of pyridine rings is 1. The maximum atomic E-state index is 14.0. The van der Waals surface area contributed by atoms with Crippen molar-refractivity contribution in [2.75, 3.05) is 68.2 Å². The summed E-state index contributed by atoms with van der Waals surface area (Å²) < 4.78 is 46.2. The molecule has 2 saturated heterocycles. The number of rotatable bonds is 6. The number of alkyl halides is 3. The number of carbonyl (C=O) groups excluding carboxylic acids is 2. The molecule has 1 aromatic carbocycles. The number of carbonyl (C=O) groups is 2. The van der Waals surface area contributed by atoms with Gasteiger partial charge < -0.3 is 19.4 Å². The first kappa shape index (κ1) is 29.6. The van der Waals surface area contributed by atoms with Crippen LogP contribution < -0.4 is 14.7 Å². The lowest BCUT2D eigenvalue weighted by atomic mass is 9.92. The fraction of sp³-hybridized carbons (Fsp3) is 0.552. The number of nitrogens with zero attached hydrogens (tertiary/aromatic N) is 5. The summed E-state index contributed by atoms with van der Waals surface area (Å²) in [4.78, 5) is 38.9. The predicted molar refractivity (Wildman–Crippen MR) is 151 cm³/mol. The van der Waals surface area contributed by atoms with Crippen LogP contribution in [0.4, 0.5) is 30.4 Å². The van der Waals surface area contributed by atoms with Crippen LogP contribution in [0, 0.1) is 18.8 Å². The quantitative estimate of drug-likeness (QED) is 0.487. The third-order valence-corrected chi connectivity index (χ3v) is 8.73. The highest BCUT2D eigenvalue weighted by Crippen LogP contribution is 2.43. The topological polar surface area (TPSA) is 69.2 Å². The van der Waals surface area contributed by atoms with Crippen molar-refractivity contribution in [1.29, 1.82) is 0 Å². The maximum Gasteiger partial charge on any atom is 0.416 e. The number of ether oxygens (including phenoxy) is 1. The van der Waals surface area contributed by atoms with Crippen LogP contribution in [0.2, 0.25) is 5.02 Å². The van der Waals surface area contributed by atoms with E-state index in [1.807, 2.05) is 6.07 Å². The molecule has 4 heterocycles. The van der Waals surface area contributed by atoms with Crippen LogP contribution in [-0.2, 0) is 20.5 Å². The maximum absolute atomic E-state index is 14.0. The molecule has 5 rings (SSSR count). The van der Waals surface area contributed by atoms with Gasteiger partial charge in [-0.1, -0.05) is 17.7 Å². The van der Waals surface area contributed by atoms with Crippen molar-refractivity contribution in [3.8, 4) is 0 Å². The van der Waals surface area contributed by atoms with Crippen LogP contribution in [0.15, 0.2) is 30.3 Å². The zero-order valence-corrected chi connectivity index (χ0v) is 24.2. The highest BCUT2D eigenvalue weighted by Gasteiger charge is 2.49. The number of likely N-dealkylation sites (tertiary alicyclic amines) is 1. The number of likely N-dealkylation sites (N-methyl/N-ethyl adjacent to an activating group) is 1. The van der Waals surface area contributed by atoms with Gasteiger partial charge >= 0.3 is 6.18 Å². The van der Waals surface area contributed by atoms with Crippen molar-refractivity contribution >= 4 is 40.6 Å². The van der Waals surface area contributed by atoms with E-state index < -0.39 is 29.6 Å². The number of methoxy groups -OCH3 is 1. The van der Waals surface area contributed by atoms with Crippen LogP contribution in [-0.4, -0.2) is 81.2 Å². The van der Waals surface area contributed by atoms with Crippen molar-refractivity contribution < 1.29 is 27.5 Å². The monoisotopic (exact) mass is 593 g/mol. The van der Waals surface area contributed by atoms with E-state index >= 15 is 0 Å². The van der Waals surface area contributed by atoms with Gasteiger partial charge in [-0.25, -0.2) is 4.98 Å². The average Bonchev–Trinajstić information content (AvgIpc) is 3.25. The van der Waals surface area contributed by atoms with E-state index in [1.165, 1.54) is 16.7 Å². The third-order valence-electron chi connectivity index (χ3n) is 8.42. The van der Waals surface area contributed by atoms with Crippen LogP contribution in [0.25, 0.3) is 0 Å². The lowest BCUT2D eigenvalue weighted by Crippen LogP contribution is -2.53. The Morgan fingerprint density at radius 3 is 2.56 bits per heavy atom. The molecule has 0 N–H and O–H groups in total. The molecule has 0 radical (unpaired) electrons. The molecule has 8 nitrogen and oxygen atoms in total. The minimum atomic E-state index is -4.61. The SMILES string of the molecule is COCCN1CCC(CN2C[C@H]3CC(=O)N(c4cc(C(F)(F)F)cc(C)n4)[C@@H]3C(=O)N(C)c3cccc(Cl)c32)CC1. The smallest absolute Gasteiger partial charge is 0.383 e. The lowest BCUT2D eigenvalue weighted by molar-refractivity contribution is -0.137. The molecule has 3 aliphatic heterocycles. The summed E-state index contributed by atoms with van der Waals surface area (Å²) in [5, 5.41) is 0.509. The zero-order chi connectivity index (χ0) is 29.5. The summed E-state index contributed by atoms with van der Waals surface area (Å²) in [5.41, 5.74) is 0.557. The number of benzene rings is 1. The molecule has 0 unspecified atom stereocenters. The van der Waals surface area contributed by atoms with Gasteiger partial charge in [0.1, 0.15) is 11.9 Å². The summed E-state index contributed by atoms with van der Waals surface area (Å²) in [5.74, 6) is -1.04. The van der Waals surface area contributed by atoms with Gasteiger partial charge in [0.15, 0.2) is 0 Å². The van der Waals surface area contributed by atoms with Crippen LogP contribution >= 0.6 is 11.6 Å². The zero-order valence-electron chi connectivity index (χ0n) is 23.5. The molecule has 2 aromatic rings. The Kier molecular flexibility index (Phi) is 8.50. The molecule has 2 fully saturated rings. The van der Waals surface area contributed by atoms with Gasteiger partial charge in [0.2, 0.25) is 11.8 Å². The number of anilines is 3. The molecule has 0 aliphatic carbocycles. The standard InChI is InChI=1S/C29H35ClF3N5O3/c1-18-13-21(29(31,32)33)15-24(34-18)38-25(39)14-20-17-37(16-19-7-9-36(10-8-19)11-12-41-3)27-22(30)5-4-6-23(27)35(2)28(40)26(20)38/h4-6,13,15,19-20,26H,7-12,14,16-17H2,1-3H3/t20-,26+/m1/s1. The second-order valence-corrected chi connectivity index (χ2v) is 11.6. The second-order valence-electron chi connectivity index (χ2n) is 11.2. The highest BCUT2D eigenvalue weighted by molar-refractivity contribution is 6.34. The molecule has 0 bridgehead atoms. The Morgan fingerprint density at radius 2 is 1.88 bits per heavy atom. The largest absolute Gasteiger partial charge is 0.416 e. The molecule has 2 amide bonds. The number of fused-ring (bicyclic) bond motifs is 2. The number of hydrogen-bond donors (Lipinski definition) is 0. The molecule has 0 saturated carbocycles. The van der Waals surface area contributed by atoms with Crippen LogP contribution in [0.5, 0.6) is 0 Å². The van der Waals surface area contributed by atoms with Crippen molar-refractivity contribution in [2.45, 2.75) is 38.4 Å². The van der Waals surface area contributed by atoms with Crippen LogP contribution in [0.3, 0.4) is 0 Å². The first-order valence-electron chi connectivity index (χ1n) is 13.9. The average molecular weight is 594 g/mol. The number of aromatic nitrogens is 1. The van der Waals surface area contributed by atoms with Crippen molar-refractivity contribution in [3.63, 3.8) is 0 Å². The Labute approximate surface area is 243 Å². The van der Waals surface area contributed by atoms with E-state index in [2.05, 4.69) is 14.8 Å². The Balaban J connectivity index is 1.48. The van der Waals surface area contributed by atoms with Crippen molar-refractivity contribution in [2.24, 2.45) is 11.8 Å². The summed E-state index contributed by atoms with van der Waals surface area (Å²) >= 11 is 6.75. The number of amides is 2. The predicted octanol–water partition coefficient (Wildman–Crippen LogP) is 4.63. The number of hydrogen-bond acceptors (Lipinski definition) is 6. The Morgan fingerprint density at radius 1 is 1.15 bits per heavy atom. The second kappa shape index (κ2) is 11.8. The molecule has 1 aromatic heterocycles. The van der Waals surface area contributed by atoms with Crippen molar-refractivity contribution in [1.82, 2.24) is 9.88 Å². The van der Waals surface area contributed by atoms with E-state index in [-0.39, 0.29) is 23.8 Å². The summed E-state index contributed by atoms with van der Waals surface area (Å²) in [7, 11) is 3.32. The molecule has 3 aliphatic rings. The number of halogens is 4. The minimum absolute atomic E-state index is 0.0208. The van der Waals surface area contributed by atoms with Crippen molar-refractivity contribution in [3.05, 3.63) is 46.6 Å². The van der Waals surface area contributed by atoms with E-state index in [0.29, 0.717) is 36.3 Å². The molecular formula is C29H35ClF3N5O3. The van der Waals surface area contributed by atoms with E-state index in [4.69, 9.17) is 16.3 Å². The fourth-order valence-electron chi connectivity index (χ4n) is 6.35. The Hall–Kier alpha value is -2.89. The molecule has 12 heteroatoms. The normalized spacial score (nSPS) is 22.6. The highest BCUT2D eigenvalue weighted by atomic mass is 35.5. The molecule has 222 valence electrons. The third kappa shape index (κ3) is 6.03. The van der Waals surface area contributed by atoms with Gasteiger partial charge in [-0.2, -0.15) is 13.2 Å². The van der Waals surface area contributed by atoms with Gasteiger partial charge in [-0.15, -0.1) is 0 Å². The van der Waals surface area contributed by atoms with Gasteiger partial charge in [0, 0.05) is 51.8 Å². The van der Waals surface area contributed by atoms with Gasteiger partial charge in [-0.3, -0.25) is 14.5 Å². The first-order valence-corrected chi connectivity index (χ1v) is 14.3. The van der Waals surface area contributed by atoms with E-state index in [0.717, 1.165) is 50.3 Å².